The molecule has 0 spiro atoms. The molecule has 86 valence electrons. The number of hydrazone groups is 1. The Morgan fingerprint density at radius 2 is 2.29 bits per heavy atom. The van der Waals surface area contributed by atoms with E-state index in [1.165, 1.54) is 6.21 Å². The number of carbonyl (C=O) groups is 1. The number of nitrogens with zero attached hydrogens (tertiary/aromatic N) is 2. The lowest BCUT2D eigenvalue weighted by Crippen LogP contribution is -2.16. The van der Waals surface area contributed by atoms with Gasteiger partial charge in [0, 0.05) is 6.20 Å². The van der Waals surface area contributed by atoms with Gasteiger partial charge in [-0.3, -0.25) is 9.78 Å². The second-order valence-corrected chi connectivity index (χ2v) is 3.36. The van der Waals surface area contributed by atoms with Crippen LogP contribution in [0.25, 0.3) is 0 Å². The summed E-state index contributed by atoms with van der Waals surface area (Å²) in [7, 11) is 0. The number of hydrogen-bond donors (Lipinski definition) is 1. The summed E-state index contributed by atoms with van der Waals surface area (Å²) in [6.45, 7) is 1.77. The fourth-order valence-corrected chi connectivity index (χ4v) is 1.22. The van der Waals surface area contributed by atoms with E-state index in [4.69, 9.17) is 4.42 Å². The molecule has 0 aliphatic carbocycles. The molecule has 0 fully saturated rings. The minimum absolute atomic E-state index is 0.237. The molecule has 0 aliphatic rings. The Kier molecular flexibility index (Phi) is 3.30. The zero-order valence-corrected chi connectivity index (χ0v) is 9.25. The van der Waals surface area contributed by atoms with E-state index in [0.717, 1.165) is 0 Å². The monoisotopic (exact) mass is 229 g/mol. The second-order valence-electron chi connectivity index (χ2n) is 3.36. The smallest absolute Gasteiger partial charge is 0.307 e. The van der Waals surface area contributed by atoms with Crippen molar-refractivity contribution < 1.29 is 9.21 Å². The third-order valence-corrected chi connectivity index (χ3v) is 2.01. The van der Waals surface area contributed by atoms with Gasteiger partial charge in [0.25, 0.3) is 0 Å². The van der Waals surface area contributed by atoms with Crippen LogP contribution in [0.15, 0.2) is 46.0 Å². The summed E-state index contributed by atoms with van der Waals surface area (Å²) in [6.07, 6.45) is 3.12. The van der Waals surface area contributed by atoms with Gasteiger partial charge in [-0.25, -0.2) is 5.43 Å². The minimum Gasteiger partial charge on any atom is -0.456 e. The van der Waals surface area contributed by atoms with E-state index in [9.17, 15) is 4.79 Å². The Hall–Kier alpha value is -2.43. The van der Waals surface area contributed by atoms with E-state index < -0.39 is 0 Å². The molecule has 5 nitrogen and oxygen atoms in total. The highest BCUT2D eigenvalue weighted by Crippen LogP contribution is 2.05. The summed E-state index contributed by atoms with van der Waals surface area (Å²) < 4.78 is 5.15. The van der Waals surface area contributed by atoms with E-state index in [2.05, 4.69) is 15.5 Å². The summed E-state index contributed by atoms with van der Waals surface area (Å²) in [6, 6.07) is 8.75. The largest absolute Gasteiger partial charge is 0.456 e. The maximum Gasteiger partial charge on any atom is 0.307 e. The lowest BCUT2D eigenvalue weighted by molar-refractivity contribution is 0.0926. The Morgan fingerprint density at radius 3 is 2.94 bits per heavy atom. The summed E-state index contributed by atoms with van der Waals surface area (Å²) in [4.78, 5) is 15.5. The first kappa shape index (κ1) is 11.1. The molecule has 0 aromatic carbocycles. The molecule has 0 aliphatic heterocycles. The van der Waals surface area contributed by atoms with Crippen molar-refractivity contribution in [2.24, 2.45) is 5.10 Å². The van der Waals surface area contributed by atoms with Crippen LogP contribution >= 0.6 is 0 Å². The average molecular weight is 229 g/mol. The predicted octanol–water partition coefficient (Wildman–Crippen LogP) is 1.75. The first-order valence-electron chi connectivity index (χ1n) is 5.06. The van der Waals surface area contributed by atoms with Crippen molar-refractivity contribution in [3.63, 3.8) is 0 Å². The molecule has 0 saturated heterocycles. The van der Waals surface area contributed by atoms with Crippen molar-refractivity contribution in [2.75, 3.05) is 0 Å². The number of rotatable bonds is 3. The number of aryl methyl sites for hydroxylation is 1. The summed E-state index contributed by atoms with van der Waals surface area (Å²) >= 11 is 0. The van der Waals surface area contributed by atoms with E-state index >= 15 is 0 Å². The van der Waals surface area contributed by atoms with Gasteiger partial charge in [-0.1, -0.05) is 6.07 Å². The molecule has 1 N–H and O–H groups in total. The minimum atomic E-state index is -0.384. The van der Waals surface area contributed by atoms with Gasteiger partial charge in [-0.05, 0) is 31.2 Å². The Labute approximate surface area is 98.2 Å². The number of pyridine rings is 1. The second kappa shape index (κ2) is 5.07. The van der Waals surface area contributed by atoms with Gasteiger partial charge in [0.15, 0.2) is 5.76 Å². The quantitative estimate of drug-likeness (QED) is 0.644. The van der Waals surface area contributed by atoms with Crippen LogP contribution < -0.4 is 5.43 Å². The van der Waals surface area contributed by atoms with Crippen LogP contribution in [0.4, 0.5) is 0 Å². The fourth-order valence-electron chi connectivity index (χ4n) is 1.22. The molecule has 1 amide bonds. The van der Waals surface area contributed by atoms with Crippen LogP contribution in [0, 0.1) is 6.92 Å². The highest BCUT2D eigenvalue weighted by Gasteiger charge is 2.07. The van der Waals surface area contributed by atoms with E-state index in [-0.39, 0.29) is 11.7 Å². The molecule has 0 saturated carbocycles. The number of amides is 1. The molecule has 2 rings (SSSR count). The summed E-state index contributed by atoms with van der Waals surface area (Å²) in [5, 5.41) is 3.78. The van der Waals surface area contributed by atoms with Gasteiger partial charge in [-0.2, -0.15) is 5.10 Å². The predicted molar refractivity (Wildman–Crippen MR) is 62.7 cm³/mol. The highest BCUT2D eigenvalue weighted by atomic mass is 16.3. The normalized spacial score (nSPS) is 10.6. The van der Waals surface area contributed by atoms with Crippen LogP contribution in [0.2, 0.25) is 0 Å². The molecular formula is C12H11N3O2. The molecule has 0 bridgehead atoms. The van der Waals surface area contributed by atoms with Crippen molar-refractivity contribution in [2.45, 2.75) is 6.92 Å². The van der Waals surface area contributed by atoms with E-state index in [1.54, 1.807) is 31.3 Å². The van der Waals surface area contributed by atoms with Gasteiger partial charge in [-0.15, -0.1) is 0 Å². The lowest BCUT2D eigenvalue weighted by atomic mass is 10.4. The van der Waals surface area contributed by atoms with Crippen LogP contribution in [0.3, 0.4) is 0 Å². The topological polar surface area (TPSA) is 67.5 Å². The summed E-state index contributed by atoms with van der Waals surface area (Å²) in [5.41, 5.74) is 3.03. The van der Waals surface area contributed by atoms with Gasteiger partial charge in [0.05, 0.1) is 11.9 Å². The Bertz CT molecular complexity index is 532. The first-order chi connectivity index (χ1) is 8.25. The number of aromatic nitrogens is 1. The van der Waals surface area contributed by atoms with Crippen molar-refractivity contribution >= 4 is 12.1 Å². The lowest BCUT2D eigenvalue weighted by Gasteiger charge is -1.95. The van der Waals surface area contributed by atoms with E-state index in [0.29, 0.717) is 11.5 Å². The van der Waals surface area contributed by atoms with Crippen molar-refractivity contribution in [3.05, 3.63) is 53.7 Å². The Balaban J connectivity index is 1.95. The van der Waals surface area contributed by atoms with Gasteiger partial charge in [0.1, 0.15) is 5.76 Å². The first-order valence-corrected chi connectivity index (χ1v) is 5.06. The van der Waals surface area contributed by atoms with Gasteiger partial charge in [0.2, 0.25) is 0 Å². The maximum absolute atomic E-state index is 11.5. The van der Waals surface area contributed by atoms with Gasteiger partial charge >= 0.3 is 5.91 Å². The third kappa shape index (κ3) is 3.01. The van der Waals surface area contributed by atoms with Crippen molar-refractivity contribution in [3.8, 4) is 0 Å². The maximum atomic E-state index is 11.5. The molecule has 0 unspecified atom stereocenters. The standard InChI is InChI=1S/C12H11N3O2/c1-9-5-6-11(17-9)12(16)15-14-8-10-4-2-3-7-13-10/h2-8H,1H3,(H,15,16). The molecule has 17 heavy (non-hydrogen) atoms. The molecule has 0 radical (unpaired) electrons. The van der Waals surface area contributed by atoms with E-state index in [1.807, 2.05) is 12.1 Å². The molecular weight excluding hydrogens is 218 g/mol. The SMILES string of the molecule is Cc1ccc(C(=O)NN=Cc2ccccn2)o1. The Morgan fingerprint density at radius 1 is 1.41 bits per heavy atom. The van der Waals surface area contributed by atoms with Crippen LogP contribution in [0.5, 0.6) is 0 Å². The molecule has 2 aromatic heterocycles. The number of nitrogens with one attached hydrogen (secondary N) is 1. The van der Waals surface area contributed by atoms with Gasteiger partial charge < -0.3 is 4.42 Å². The van der Waals surface area contributed by atoms with Crippen molar-refractivity contribution in [1.29, 1.82) is 0 Å². The number of carbonyl (C=O) groups excluding carboxylic acids is 1. The molecule has 2 aromatic rings. The number of furan rings is 1. The third-order valence-electron chi connectivity index (χ3n) is 2.01. The van der Waals surface area contributed by atoms with Crippen LogP contribution in [-0.4, -0.2) is 17.1 Å². The fraction of sp³-hybridized carbons (Fsp3) is 0.0833. The zero-order valence-electron chi connectivity index (χ0n) is 9.25. The van der Waals surface area contributed by atoms with Crippen molar-refractivity contribution in [1.82, 2.24) is 10.4 Å². The summed E-state index contributed by atoms with van der Waals surface area (Å²) in [5.74, 6) is 0.537. The average Bonchev–Trinajstić information content (AvgIpc) is 2.77. The van der Waals surface area contributed by atoms with Crippen LogP contribution in [-0.2, 0) is 0 Å². The number of hydrogen-bond acceptors (Lipinski definition) is 4. The highest BCUT2D eigenvalue weighted by molar-refractivity contribution is 5.92. The molecule has 2 heterocycles. The molecule has 0 atom stereocenters. The zero-order chi connectivity index (χ0) is 12.1. The van der Waals surface area contributed by atoms with Crippen LogP contribution in [0.1, 0.15) is 22.0 Å². The molecule has 5 heteroatoms.